The van der Waals surface area contributed by atoms with E-state index >= 15 is 0 Å². The van der Waals surface area contributed by atoms with Crippen LogP contribution in [0, 0.1) is 0 Å². The molecule has 0 radical (unpaired) electrons. The van der Waals surface area contributed by atoms with Crippen LogP contribution >= 0.6 is 0 Å². The zero-order valence-electron chi connectivity index (χ0n) is 7.01. The Morgan fingerprint density at radius 3 is 2.91 bits per heavy atom. The van der Waals surface area contributed by atoms with E-state index in [0.717, 1.165) is 25.7 Å². The molecule has 0 heterocycles. The molecule has 1 fully saturated rings. The van der Waals surface area contributed by atoms with Crippen molar-refractivity contribution in [3.63, 3.8) is 0 Å². The van der Waals surface area contributed by atoms with Gasteiger partial charge in [0.1, 0.15) is 0 Å². The van der Waals surface area contributed by atoms with Gasteiger partial charge < -0.3 is 10.2 Å². The average Bonchev–Trinajstić information content (AvgIpc) is 1.85. The molecule has 64 valence electrons. The van der Waals surface area contributed by atoms with Crippen LogP contribution in [0.3, 0.4) is 0 Å². The van der Waals surface area contributed by atoms with Gasteiger partial charge in [-0.05, 0) is 32.6 Å². The summed E-state index contributed by atoms with van der Waals surface area (Å²) in [6.07, 6.45) is 5.51. The van der Waals surface area contributed by atoms with Gasteiger partial charge in [0, 0.05) is 0 Å². The fourth-order valence-corrected chi connectivity index (χ4v) is 1.67. The lowest BCUT2D eigenvalue weighted by molar-refractivity contribution is 0.0385. The molecule has 0 saturated heterocycles. The number of aliphatic hydroxyl groups excluding tert-OH is 1. The van der Waals surface area contributed by atoms with Crippen molar-refractivity contribution in [3.8, 4) is 0 Å². The predicted octanol–water partition coefficient (Wildman–Crippen LogP) is 1.23. The second-order valence-electron chi connectivity index (χ2n) is 3.57. The molecule has 0 bridgehead atoms. The first-order valence-electron chi connectivity index (χ1n) is 4.15. The van der Waals surface area contributed by atoms with E-state index in [1.165, 1.54) is 5.57 Å². The maximum Gasteiger partial charge on any atom is 0.0656 e. The van der Waals surface area contributed by atoms with Crippen LogP contribution in [0.4, 0.5) is 0 Å². The minimum absolute atomic E-state index is 0.103. The molecule has 1 aliphatic rings. The molecule has 2 heteroatoms. The van der Waals surface area contributed by atoms with Gasteiger partial charge in [0.05, 0.1) is 12.2 Å². The summed E-state index contributed by atoms with van der Waals surface area (Å²) < 4.78 is 0. The maximum absolute atomic E-state index is 9.65. The smallest absolute Gasteiger partial charge is 0.0656 e. The number of aliphatic hydroxyl groups is 2. The van der Waals surface area contributed by atoms with Crippen molar-refractivity contribution < 1.29 is 10.2 Å². The van der Waals surface area contributed by atoms with Crippen LogP contribution in [-0.2, 0) is 0 Å². The number of rotatable bonds is 1. The SMILES string of the molecule is CC1(O)CCCC(=CCO)C1. The van der Waals surface area contributed by atoms with Gasteiger partial charge in [-0.2, -0.15) is 0 Å². The third-order valence-electron chi connectivity index (χ3n) is 2.20. The number of hydrogen-bond acceptors (Lipinski definition) is 2. The Morgan fingerprint density at radius 2 is 2.36 bits per heavy atom. The zero-order chi connectivity index (χ0) is 8.32. The van der Waals surface area contributed by atoms with Crippen molar-refractivity contribution in [3.05, 3.63) is 11.6 Å². The number of hydrogen-bond donors (Lipinski definition) is 2. The van der Waals surface area contributed by atoms with Gasteiger partial charge in [-0.3, -0.25) is 0 Å². The average molecular weight is 156 g/mol. The van der Waals surface area contributed by atoms with Crippen molar-refractivity contribution >= 4 is 0 Å². The predicted molar refractivity (Wildman–Crippen MR) is 44.3 cm³/mol. The largest absolute Gasteiger partial charge is 0.392 e. The normalized spacial score (nSPS) is 36.1. The second kappa shape index (κ2) is 3.37. The van der Waals surface area contributed by atoms with Crippen molar-refractivity contribution in [1.82, 2.24) is 0 Å². The molecular formula is C9H16O2. The zero-order valence-corrected chi connectivity index (χ0v) is 7.01. The molecule has 1 aliphatic carbocycles. The lowest BCUT2D eigenvalue weighted by atomic mass is 9.83. The highest BCUT2D eigenvalue weighted by Gasteiger charge is 2.25. The third kappa shape index (κ3) is 2.64. The Balaban J connectivity index is 2.53. The van der Waals surface area contributed by atoms with E-state index in [4.69, 9.17) is 5.11 Å². The topological polar surface area (TPSA) is 40.5 Å². The lowest BCUT2D eigenvalue weighted by Crippen LogP contribution is -2.28. The molecule has 11 heavy (non-hydrogen) atoms. The summed E-state index contributed by atoms with van der Waals surface area (Å²) in [5, 5.41) is 18.3. The summed E-state index contributed by atoms with van der Waals surface area (Å²) >= 11 is 0. The van der Waals surface area contributed by atoms with E-state index in [9.17, 15) is 5.11 Å². The van der Waals surface area contributed by atoms with Gasteiger partial charge in [0.2, 0.25) is 0 Å². The van der Waals surface area contributed by atoms with E-state index in [1.807, 2.05) is 13.0 Å². The minimum Gasteiger partial charge on any atom is -0.392 e. The van der Waals surface area contributed by atoms with Crippen molar-refractivity contribution in [1.29, 1.82) is 0 Å². The highest BCUT2D eigenvalue weighted by Crippen LogP contribution is 2.30. The quantitative estimate of drug-likeness (QED) is 0.560. The molecule has 1 atom stereocenters. The van der Waals surface area contributed by atoms with E-state index in [1.54, 1.807) is 0 Å². The minimum atomic E-state index is -0.529. The molecule has 0 aromatic rings. The summed E-state index contributed by atoms with van der Waals surface area (Å²) in [6, 6.07) is 0. The molecule has 0 spiro atoms. The third-order valence-corrected chi connectivity index (χ3v) is 2.20. The Bertz CT molecular complexity index is 159. The van der Waals surface area contributed by atoms with Crippen LogP contribution in [0.2, 0.25) is 0 Å². The molecule has 2 N–H and O–H groups in total. The Morgan fingerprint density at radius 1 is 1.64 bits per heavy atom. The van der Waals surface area contributed by atoms with Gasteiger partial charge in [-0.15, -0.1) is 0 Å². The van der Waals surface area contributed by atoms with Crippen LogP contribution in [0.1, 0.15) is 32.6 Å². The second-order valence-corrected chi connectivity index (χ2v) is 3.57. The van der Waals surface area contributed by atoms with Crippen LogP contribution < -0.4 is 0 Å². The van der Waals surface area contributed by atoms with Crippen LogP contribution in [0.15, 0.2) is 11.6 Å². The first kappa shape index (κ1) is 8.75. The van der Waals surface area contributed by atoms with Gasteiger partial charge in [0.25, 0.3) is 0 Å². The van der Waals surface area contributed by atoms with Crippen molar-refractivity contribution in [2.45, 2.75) is 38.2 Å². The summed E-state index contributed by atoms with van der Waals surface area (Å²) in [5.74, 6) is 0. The molecule has 0 aromatic heterocycles. The summed E-state index contributed by atoms with van der Waals surface area (Å²) in [5.41, 5.74) is 0.669. The molecule has 1 rings (SSSR count). The van der Waals surface area contributed by atoms with E-state index in [2.05, 4.69) is 0 Å². The fraction of sp³-hybridized carbons (Fsp3) is 0.778. The maximum atomic E-state index is 9.65. The molecule has 1 unspecified atom stereocenters. The van der Waals surface area contributed by atoms with Gasteiger partial charge in [-0.1, -0.05) is 11.6 Å². The first-order valence-corrected chi connectivity index (χ1v) is 4.15. The van der Waals surface area contributed by atoms with Crippen LogP contribution in [-0.4, -0.2) is 22.4 Å². The molecule has 0 amide bonds. The fourth-order valence-electron chi connectivity index (χ4n) is 1.67. The summed E-state index contributed by atoms with van der Waals surface area (Å²) in [7, 11) is 0. The molecule has 0 aromatic carbocycles. The molecule has 2 nitrogen and oxygen atoms in total. The monoisotopic (exact) mass is 156 g/mol. The summed E-state index contributed by atoms with van der Waals surface area (Å²) in [6.45, 7) is 1.96. The Kier molecular flexibility index (Phi) is 2.68. The van der Waals surface area contributed by atoms with Crippen LogP contribution in [0.25, 0.3) is 0 Å². The Labute approximate surface area is 67.6 Å². The van der Waals surface area contributed by atoms with Crippen molar-refractivity contribution in [2.75, 3.05) is 6.61 Å². The van der Waals surface area contributed by atoms with E-state index in [0.29, 0.717) is 0 Å². The molecule has 1 saturated carbocycles. The van der Waals surface area contributed by atoms with E-state index in [-0.39, 0.29) is 6.61 Å². The van der Waals surface area contributed by atoms with Gasteiger partial charge in [-0.25, -0.2) is 0 Å². The highest BCUT2D eigenvalue weighted by molar-refractivity contribution is 5.09. The molecule has 0 aliphatic heterocycles. The van der Waals surface area contributed by atoms with Crippen LogP contribution in [0.5, 0.6) is 0 Å². The summed E-state index contributed by atoms with van der Waals surface area (Å²) in [4.78, 5) is 0. The first-order chi connectivity index (χ1) is 5.14. The standard InChI is InChI=1S/C9H16O2/c1-9(11)5-2-3-8(7-9)4-6-10/h4,10-11H,2-3,5-7H2,1H3. The highest BCUT2D eigenvalue weighted by atomic mass is 16.3. The Hall–Kier alpha value is -0.340. The van der Waals surface area contributed by atoms with Gasteiger partial charge >= 0.3 is 0 Å². The van der Waals surface area contributed by atoms with Gasteiger partial charge in [0.15, 0.2) is 0 Å². The van der Waals surface area contributed by atoms with E-state index < -0.39 is 5.60 Å². The van der Waals surface area contributed by atoms with Crippen molar-refractivity contribution in [2.24, 2.45) is 0 Å². The molecular weight excluding hydrogens is 140 g/mol. The lowest BCUT2D eigenvalue weighted by Gasteiger charge is -2.29.